The molecule has 0 radical (unpaired) electrons. The summed E-state index contributed by atoms with van der Waals surface area (Å²) in [7, 11) is 0. The van der Waals surface area contributed by atoms with Crippen LogP contribution in [-0.4, -0.2) is 14.5 Å². The van der Waals surface area contributed by atoms with Crippen molar-refractivity contribution in [1.29, 1.82) is 0 Å². The molecular weight excluding hydrogens is 374 g/mol. The molecule has 0 amide bonds. The third-order valence-electron chi connectivity index (χ3n) is 3.83. The van der Waals surface area contributed by atoms with Crippen LogP contribution in [0.5, 0.6) is 0 Å². The molecule has 2 aromatic heterocycles. The molecule has 0 N–H and O–H groups in total. The number of pyridine rings is 2. The highest BCUT2D eigenvalue weighted by Gasteiger charge is 2.12. The van der Waals surface area contributed by atoms with Gasteiger partial charge in [0.05, 0.1) is 15.6 Å². The van der Waals surface area contributed by atoms with Crippen LogP contribution < -0.4 is 5.56 Å². The second kappa shape index (κ2) is 6.92. The van der Waals surface area contributed by atoms with E-state index in [9.17, 15) is 14.9 Å². The Labute approximate surface area is 146 Å². The molecular formula is C17H14BrN3O3. The van der Waals surface area contributed by atoms with Crippen molar-refractivity contribution in [3.63, 3.8) is 0 Å². The van der Waals surface area contributed by atoms with Crippen molar-refractivity contribution in [2.75, 3.05) is 0 Å². The molecule has 0 saturated carbocycles. The maximum absolute atomic E-state index is 12.1. The number of nitrogens with zero attached hydrogens (tertiary/aromatic N) is 3. The number of hydrogen-bond donors (Lipinski definition) is 0. The van der Waals surface area contributed by atoms with E-state index in [0.717, 1.165) is 22.8 Å². The lowest BCUT2D eigenvalue weighted by Gasteiger charge is -2.08. The molecule has 6 nitrogen and oxygen atoms in total. The van der Waals surface area contributed by atoms with Gasteiger partial charge in [0.25, 0.3) is 11.2 Å². The normalized spacial score (nSPS) is 10.9. The smallest absolute Gasteiger partial charge is 0.286 e. The van der Waals surface area contributed by atoms with Crippen molar-refractivity contribution in [2.45, 2.75) is 19.4 Å². The van der Waals surface area contributed by atoms with Gasteiger partial charge in [-0.05, 0) is 39.7 Å². The lowest BCUT2D eigenvalue weighted by molar-refractivity contribution is -0.385. The fourth-order valence-electron chi connectivity index (χ4n) is 2.67. The van der Waals surface area contributed by atoms with Crippen LogP contribution in [0.15, 0.2) is 58.2 Å². The van der Waals surface area contributed by atoms with E-state index in [-0.39, 0.29) is 15.7 Å². The number of aryl methyl sites for hydroxylation is 2. The maximum Gasteiger partial charge on any atom is 0.286 e. The van der Waals surface area contributed by atoms with Crippen LogP contribution in [0.4, 0.5) is 5.69 Å². The van der Waals surface area contributed by atoms with Crippen LogP contribution in [0.3, 0.4) is 0 Å². The van der Waals surface area contributed by atoms with E-state index in [2.05, 4.69) is 20.9 Å². The molecule has 24 heavy (non-hydrogen) atoms. The average molecular weight is 388 g/mol. The van der Waals surface area contributed by atoms with Gasteiger partial charge in [0.2, 0.25) is 0 Å². The van der Waals surface area contributed by atoms with Crippen molar-refractivity contribution in [2.24, 2.45) is 0 Å². The fraction of sp³-hybridized carbons (Fsp3) is 0.176. The molecule has 0 aliphatic carbocycles. The predicted molar refractivity (Wildman–Crippen MR) is 95.1 cm³/mol. The van der Waals surface area contributed by atoms with E-state index in [1.165, 1.54) is 16.8 Å². The minimum atomic E-state index is -0.505. The summed E-state index contributed by atoms with van der Waals surface area (Å²) >= 11 is 3.09. The Morgan fingerprint density at radius 2 is 2.04 bits per heavy atom. The van der Waals surface area contributed by atoms with Crippen LogP contribution in [0.25, 0.3) is 10.8 Å². The molecule has 0 aliphatic rings. The van der Waals surface area contributed by atoms with Gasteiger partial charge in [0, 0.05) is 30.4 Å². The summed E-state index contributed by atoms with van der Waals surface area (Å²) in [6, 6.07) is 9.23. The summed E-state index contributed by atoms with van der Waals surface area (Å²) < 4.78 is 1.57. The lowest BCUT2D eigenvalue weighted by atomic mass is 10.0. The Hall–Kier alpha value is -2.54. The van der Waals surface area contributed by atoms with E-state index < -0.39 is 4.92 Å². The number of aromatic nitrogens is 2. The van der Waals surface area contributed by atoms with E-state index in [1.807, 2.05) is 36.7 Å². The Morgan fingerprint density at radius 1 is 1.25 bits per heavy atom. The zero-order valence-electron chi connectivity index (χ0n) is 12.7. The van der Waals surface area contributed by atoms with Crippen molar-refractivity contribution in [3.05, 3.63) is 79.4 Å². The molecule has 0 fully saturated rings. The summed E-state index contributed by atoms with van der Waals surface area (Å²) in [4.78, 5) is 26.7. The fourth-order valence-corrected chi connectivity index (χ4v) is 3.13. The molecule has 0 unspecified atom stereocenters. The Balaban J connectivity index is 1.79. The first-order valence-electron chi connectivity index (χ1n) is 7.42. The molecule has 0 atom stereocenters. The SMILES string of the molecule is O=c1c(Br)cc([N+](=O)[O-])cn1CCCc1cncc2ccccc12. The topological polar surface area (TPSA) is 78.0 Å². The molecule has 0 aliphatic heterocycles. The van der Waals surface area contributed by atoms with Crippen LogP contribution in [0.2, 0.25) is 0 Å². The molecule has 2 heterocycles. The number of nitro groups is 1. The van der Waals surface area contributed by atoms with Gasteiger partial charge in [-0.15, -0.1) is 0 Å². The molecule has 122 valence electrons. The molecule has 7 heteroatoms. The summed E-state index contributed by atoms with van der Waals surface area (Å²) in [6.07, 6.45) is 6.36. The van der Waals surface area contributed by atoms with E-state index in [4.69, 9.17) is 0 Å². The molecule has 1 aromatic carbocycles. The number of hydrogen-bond acceptors (Lipinski definition) is 4. The predicted octanol–water partition coefficient (Wildman–Crippen LogP) is 3.70. The Kier molecular flexibility index (Phi) is 4.71. The molecule has 0 spiro atoms. The third-order valence-corrected chi connectivity index (χ3v) is 4.40. The second-order valence-corrected chi connectivity index (χ2v) is 6.28. The highest BCUT2D eigenvalue weighted by atomic mass is 79.9. The third kappa shape index (κ3) is 3.35. The average Bonchev–Trinajstić information content (AvgIpc) is 2.58. The Bertz CT molecular complexity index is 963. The first-order valence-corrected chi connectivity index (χ1v) is 8.21. The second-order valence-electron chi connectivity index (χ2n) is 5.43. The summed E-state index contributed by atoms with van der Waals surface area (Å²) in [5, 5.41) is 13.1. The molecule has 0 saturated heterocycles. The van der Waals surface area contributed by atoms with Gasteiger partial charge in [-0.3, -0.25) is 19.9 Å². The number of fused-ring (bicyclic) bond motifs is 1. The number of rotatable bonds is 5. The van der Waals surface area contributed by atoms with Crippen molar-refractivity contribution in [3.8, 4) is 0 Å². The minimum absolute atomic E-state index is 0.103. The van der Waals surface area contributed by atoms with Crippen LogP contribution in [-0.2, 0) is 13.0 Å². The first kappa shape index (κ1) is 16.3. The van der Waals surface area contributed by atoms with Crippen LogP contribution >= 0.6 is 15.9 Å². The van der Waals surface area contributed by atoms with E-state index >= 15 is 0 Å². The highest BCUT2D eigenvalue weighted by molar-refractivity contribution is 9.10. The largest absolute Gasteiger partial charge is 0.308 e. The van der Waals surface area contributed by atoms with Gasteiger partial charge in [-0.25, -0.2) is 0 Å². The van der Waals surface area contributed by atoms with Crippen molar-refractivity contribution < 1.29 is 4.92 Å². The highest BCUT2D eigenvalue weighted by Crippen LogP contribution is 2.19. The molecule has 0 bridgehead atoms. The van der Waals surface area contributed by atoms with E-state index in [0.29, 0.717) is 13.0 Å². The van der Waals surface area contributed by atoms with Crippen molar-refractivity contribution in [1.82, 2.24) is 9.55 Å². The summed E-state index contributed by atoms with van der Waals surface area (Å²) in [5.74, 6) is 0. The van der Waals surface area contributed by atoms with Gasteiger partial charge in [-0.2, -0.15) is 0 Å². The molecule has 3 rings (SSSR count). The van der Waals surface area contributed by atoms with Crippen molar-refractivity contribution >= 4 is 32.4 Å². The number of halogens is 1. The standard InChI is InChI=1S/C17H14BrN3O3/c18-16-8-14(21(23)24)11-20(17(16)22)7-3-5-13-10-19-9-12-4-1-2-6-15(12)13/h1-2,4,6,8-11H,3,5,7H2. The zero-order valence-corrected chi connectivity index (χ0v) is 14.3. The Morgan fingerprint density at radius 3 is 2.83 bits per heavy atom. The first-order chi connectivity index (χ1) is 11.6. The van der Waals surface area contributed by atoms with Crippen LogP contribution in [0.1, 0.15) is 12.0 Å². The lowest BCUT2D eigenvalue weighted by Crippen LogP contribution is -2.21. The summed E-state index contributed by atoms with van der Waals surface area (Å²) in [6.45, 7) is 0.405. The number of benzene rings is 1. The van der Waals surface area contributed by atoms with Gasteiger partial charge in [0.15, 0.2) is 0 Å². The van der Waals surface area contributed by atoms with Crippen LogP contribution in [0, 0.1) is 10.1 Å². The zero-order chi connectivity index (χ0) is 17.1. The van der Waals surface area contributed by atoms with Gasteiger partial charge >= 0.3 is 0 Å². The maximum atomic E-state index is 12.1. The van der Waals surface area contributed by atoms with E-state index in [1.54, 1.807) is 0 Å². The van der Waals surface area contributed by atoms with Gasteiger partial charge < -0.3 is 4.57 Å². The minimum Gasteiger partial charge on any atom is -0.308 e. The monoisotopic (exact) mass is 387 g/mol. The van der Waals surface area contributed by atoms with Gasteiger partial charge in [0.1, 0.15) is 0 Å². The van der Waals surface area contributed by atoms with Gasteiger partial charge in [-0.1, -0.05) is 24.3 Å². The molecule has 3 aromatic rings. The quantitative estimate of drug-likeness (QED) is 0.493. The summed E-state index contributed by atoms with van der Waals surface area (Å²) in [5.41, 5.74) is 0.732.